The average Bonchev–Trinajstić information content (AvgIpc) is 3.29. The summed E-state index contributed by atoms with van der Waals surface area (Å²) in [6, 6.07) is 25.2. The normalized spacial score (nSPS) is 11.4. The van der Waals surface area contributed by atoms with Gasteiger partial charge in [-0.1, -0.05) is 86.1 Å². The molecule has 0 radical (unpaired) electrons. The molecule has 36 heavy (non-hydrogen) atoms. The number of rotatable bonds is 7. The summed E-state index contributed by atoms with van der Waals surface area (Å²) < 4.78 is 4.63. The number of benzene rings is 3. The summed E-state index contributed by atoms with van der Waals surface area (Å²) >= 11 is 6.40. The molecule has 0 aliphatic rings. The summed E-state index contributed by atoms with van der Waals surface area (Å²) in [7, 11) is 0. The largest absolute Gasteiger partial charge is 0.337 e. The molecule has 182 valence electrons. The molecular weight excluding hydrogens is 472 g/mol. The zero-order valence-electron chi connectivity index (χ0n) is 20.3. The van der Waals surface area contributed by atoms with E-state index in [1.165, 1.54) is 14.7 Å². The van der Waals surface area contributed by atoms with Gasteiger partial charge in [0.05, 0.1) is 18.6 Å². The van der Waals surface area contributed by atoms with E-state index in [-0.39, 0.29) is 12.1 Å². The number of nitrogens with zero attached hydrogens (tertiary/aromatic N) is 4. The van der Waals surface area contributed by atoms with Crippen LogP contribution in [0.1, 0.15) is 36.5 Å². The molecule has 7 heteroatoms. The molecule has 0 N–H and O–H groups in total. The minimum atomic E-state index is -0.399. The Hall–Kier alpha value is -3.90. The van der Waals surface area contributed by atoms with Gasteiger partial charge in [-0.05, 0) is 47.2 Å². The van der Waals surface area contributed by atoms with Crippen molar-refractivity contribution in [2.45, 2.75) is 39.3 Å². The Labute approximate surface area is 214 Å². The highest BCUT2D eigenvalue weighted by Crippen LogP contribution is 2.21. The van der Waals surface area contributed by atoms with Crippen molar-refractivity contribution in [1.82, 2.24) is 18.7 Å². The second-order valence-electron chi connectivity index (χ2n) is 9.19. The molecule has 0 amide bonds. The average molecular weight is 499 g/mol. The fraction of sp³-hybridized carbons (Fsp3) is 0.207. The first-order chi connectivity index (χ1) is 17.4. The van der Waals surface area contributed by atoms with Crippen LogP contribution in [0.4, 0.5) is 0 Å². The zero-order valence-corrected chi connectivity index (χ0v) is 21.0. The van der Waals surface area contributed by atoms with Gasteiger partial charge < -0.3 is 4.57 Å². The minimum Gasteiger partial charge on any atom is -0.320 e. The van der Waals surface area contributed by atoms with E-state index in [0.717, 1.165) is 11.1 Å². The fourth-order valence-corrected chi connectivity index (χ4v) is 4.63. The number of halogens is 1. The van der Waals surface area contributed by atoms with Crippen LogP contribution in [0, 0.1) is 0 Å². The van der Waals surface area contributed by atoms with Crippen LogP contribution in [0.3, 0.4) is 0 Å². The number of hydrogen-bond acceptors (Lipinski definition) is 3. The molecule has 0 fully saturated rings. The van der Waals surface area contributed by atoms with Crippen molar-refractivity contribution in [1.29, 1.82) is 0 Å². The van der Waals surface area contributed by atoms with E-state index >= 15 is 0 Å². The molecule has 6 nitrogen and oxygen atoms in total. The van der Waals surface area contributed by atoms with Crippen LogP contribution in [0.5, 0.6) is 0 Å². The summed E-state index contributed by atoms with van der Waals surface area (Å²) in [5, 5.41) is 0.612. The molecule has 2 aromatic heterocycles. The van der Waals surface area contributed by atoms with Crippen molar-refractivity contribution < 1.29 is 0 Å². The second-order valence-corrected chi connectivity index (χ2v) is 9.60. The smallest absolute Gasteiger partial charge is 0.320 e. The summed E-state index contributed by atoms with van der Waals surface area (Å²) in [5.74, 6) is 0.366. The first-order valence-corrected chi connectivity index (χ1v) is 12.4. The molecule has 0 saturated carbocycles. The highest BCUT2D eigenvalue weighted by atomic mass is 35.5. The Bertz CT molecular complexity index is 1630. The summed E-state index contributed by atoms with van der Waals surface area (Å²) in [6.45, 7) is 4.88. The highest BCUT2D eigenvalue weighted by Gasteiger charge is 2.20. The van der Waals surface area contributed by atoms with Crippen molar-refractivity contribution in [3.8, 4) is 5.69 Å². The Morgan fingerprint density at radius 1 is 0.889 bits per heavy atom. The van der Waals surface area contributed by atoms with Crippen LogP contribution in [0.2, 0.25) is 5.02 Å². The predicted octanol–water partition coefficient (Wildman–Crippen LogP) is 5.42. The van der Waals surface area contributed by atoms with Crippen LogP contribution in [-0.2, 0) is 19.5 Å². The van der Waals surface area contributed by atoms with Crippen molar-refractivity contribution in [3.63, 3.8) is 0 Å². The minimum absolute atomic E-state index is 0.263. The van der Waals surface area contributed by atoms with Gasteiger partial charge in [-0.2, -0.15) is 0 Å². The number of imidazole rings is 1. The van der Waals surface area contributed by atoms with E-state index in [4.69, 9.17) is 11.6 Å². The van der Waals surface area contributed by atoms with Crippen LogP contribution in [0.25, 0.3) is 16.9 Å². The summed E-state index contributed by atoms with van der Waals surface area (Å²) in [5.41, 5.74) is 3.72. The van der Waals surface area contributed by atoms with Crippen LogP contribution in [-0.4, -0.2) is 18.7 Å². The van der Waals surface area contributed by atoms with E-state index in [2.05, 4.69) is 18.8 Å². The lowest BCUT2D eigenvalue weighted by molar-refractivity contribution is 0.615. The molecule has 5 rings (SSSR count). The third kappa shape index (κ3) is 4.52. The van der Waals surface area contributed by atoms with Gasteiger partial charge in [0.2, 0.25) is 0 Å². The van der Waals surface area contributed by atoms with Gasteiger partial charge >= 0.3 is 5.69 Å². The maximum atomic E-state index is 13.7. The standard InChI is InChI=1S/C29H27ClN4O2/c1-20(2)22-12-14-24(15-13-22)34-27-26(32(19-31-27)18-23-10-6-7-11-25(23)30)28(35)33(29(34)36)17-16-21-8-4-3-5-9-21/h3-15,19-20H,16-18H2,1-2H3. The van der Waals surface area contributed by atoms with Gasteiger partial charge in [-0.25, -0.2) is 14.3 Å². The number of aromatic nitrogens is 4. The maximum absolute atomic E-state index is 13.7. The highest BCUT2D eigenvalue weighted by molar-refractivity contribution is 6.31. The van der Waals surface area contributed by atoms with E-state index in [0.29, 0.717) is 40.8 Å². The van der Waals surface area contributed by atoms with Crippen molar-refractivity contribution in [3.05, 3.63) is 128 Å². The fourth-order valence-electron chi connectivity index (χ4n) is 4.43. The number of hydrogen-bond donors (Lipinski definition) is 0. The molecule has 0 saturated heterocycles. The summed E-state index contributed by atoms with van der Waals surface area (Å²) in [4.78, 5) is 32.0. The molecule has 2 heterocycles. The molecule has 0 aliphatic carbocycles. The van der Waals surface area contributed by atoms with E-state index in [1.807, 2.05) is 78.9 Å². The van der Waals surface area contributed by atoms with Crippen LogP contribution >= 0.6 is 11.6 Å². The Balaban J connectivity index is 1.69. The lowest BCUT2D eigenvalue weighted by atomic mass is 10.0. The summed E-state index contributed by atoms with van der Waals surface area (Å²) in [6.07, 6.45) is 2.17. The maximum Gasteiger partial charge on any atom is 0.337 e. The zero-order chi connectivity index (χ0) is 25.2. The third-order valence-electron chi connectivity index (χ3n) is 6.48. The molecule has 0 unspecified atom stereocenters. The molecule has 5 aromatic rings. The molecule has 0 aliphatic heterocycles. The van der Waals surface area contributed by atoms with Gasteiger partial charge in [-0.15, -0.1) is 0 Å². The molecular formula is C29H27ClN4O2. The van der Waals surface area contributed by atoms with Crippen molar-refractivity contribution in [2.24, 2.45) is 0 Å². The van der Waals surface area contributed by atoms with Gasteiger partial charge in [0.25, 0.3) is 5.56 Å². The third-order valence-corrected chi connectivity index (χ3v) is 6.85. The van der Waals surface area contributed by atoms with Crippen LogP contribution < -0.4 is 11.2 Å². The Morgan fingerprint density at radius 3 is 2.28 bits per heavy atom. The van der Waals surface area contributed by atoms with E-state index in [1.54, 1.807) is 10.9 Å². The lowest BCUT2D eigenvalue weighted by Gasteiger charge is -2.14. The van der Waals surface area contributed by atoms with E-state index < -0.39 is 5.69 Å². The van der Waals surface area contributed by atoms with Gasteiger partial charge in [-0.3, -0.25) is 9.36 Å². The Kier molecular flexibility index (Phi) is 6.61. The quantitative estimate of drug-likeness (QED) is 0.301. The van der Waals surface area contributed by atoms with Gasteiger partial charge in [0, 0.05) is 11.6 Å². The molecule has 0 spiro atoms. The first kappa shape index (κ1) is 23.8. The molecule has 0 atom stereocenters. The lowest BCUT2D eigenvalue weighted by Crippen LogP contribution is -2.40. The number of fused-ring (bicyclic) bond motifs is 1. The van der Waals surface area contributed by atoms with Crippen molar-refractivity contribution in [2.75, 3.05) is 0 Å². The van der Waals surface area contributed by atoms with E-state index in [9.17, 15) is 9.59 Å². The van der Waals surface area contributed by atoms with Gasteiger partial charge in [0.15, 0.2) is 11.2 Å². The number of aryl methyl sites for hydroxylation is 1. The van der Waals surface area contributed by atoms with Crippen molar-refractivity contribution >= 4 is 22.8 Å². The van der Waals surface area contributed by atoms with Gasteiger partial charge in [0.1, 0.15) is 0 Å². The monoisotopic (exact) mass is 498 g/mol. The van der Waals surface area contributed by atoms with Crippen LogP contribution in [0.15, 0.2) is 94.8 Å². The first-order valence-electron chi connectivity index (χ1n) is 12.0. The molecule has 3 aromatic carbocycles. The Morgan fingerprint density at radius 2 is 1.58 bits per heavy atom. The second kappa shape index (κ2) is 9.99. The SMILES string of the molecule is CC(C)c1ccc(-n2c(=O)n(CCc3ccccc3)c(=O)c3c2ncn3Cc2ccccc2Cl)cc1. The molecule has 0 bridgehead atoms. The topological polar surface area (TPSA) is 61.8 Å². The predicted molar refractivity (Wildman–Crippen MR) is 144 cm³/mol.